The zero-order valence-corrected chi connectivity index (χ0v) is 8.71. The summed E-state index contributed by atoms with van der Waals surface area (Å²) in [7, 11) is 0. The van der Waals surface area contributed by atoms with Gasteiger partial charge in [-0.2, -0.15) is 0 Å². The van der Waals surface area contributed by atoms with Crippen molar-refractivity contribution in [3.05, 3.63) is 23.8 Å². The Hall–Kier alpha value is -0.740. The van der Waals surface area contributed by atoms with Crippen LogP contribution in [0.1, 0.15) is 5.56 Å². The van der Waals surface area contributed by atoms with E-state index in [1.807, 2.05) is 0 Å². The molecule has 1 rings (SSSR count). The molecule has 72 valence electrons. The fraction of sp³-hybridized carbons (Fsp3) is 0.333. The fourth-order valence-electron chi connectivity index (χ4n) is 1.02. The highest BCUT2D eigenvalue weighted by Gasteiger charge is 1.99. The second-order valence-electron chi connectivity index (χ2n) is 2.71. The van der Waals surface area contributed by atoms with Crippen LogP contribution in [0.4, 0.5) is 0 Å². The van der Waals surface area contributed by atoms with Crippen LogP contribution in [0.15, 0.2) is 18.2 Å². The van der Waals surface area contributed by atoms with Crippen LogP contribution in [-0.4, -0.2) is 22.2 Å². The lowest BCUT2D eigenvalue weighted by molar-refractivity contribution is 0.403. The third-order valence-electron chi connectivity index (χ3n) is 1.72. The second kappa shape index (κ2) is 5.09. The summed E-state index contributed by atoms with van der Waals surface area (Å²) in [6.45, 7) is 0.843. The van der Waals surface area contributed by atoms with E-state index in [1.54, 1.807) is 12.1 Å². The molecule has 0 fully saturated rings. The van der Waals surface area contributed by atoms with Crippen molar-refractivity contribution in [1.29, 1.82) is 0 Å². The Labute approximate surface area is 85.5 Å². The third kappa shape index (κ3) is 3.24. The number of nitrogens with one attached hydrogen (secondary N) is 1. The van der Waals surface area contributed by atoms with Crippen molar-refractivity contribution in [2.45, 2.75) is 6.42 Å². The Bertz CT molecular complexity index is 278. The molecule has 0 saturated heterocycles. The number of rotatable bonds is 4. The molecule has 1 aromatic rings. The summed E-state index contributed by atoms with van der Waals surface area (Å²) in [6, 6.07) is 4.87. The molecule has 3 N–H and O–H groups in total. The monoisotopic (exact) mass is 245 g/mol. The van der Waals surface area contributed by atoms with Crippen LogP contribution in [0.25, 0.3) is 0 Å². The highest BCUT2D eigenvalue weighted by atomic mass is 79.9. The number of phenolic OH excluding ortho intramolecular Hbond substituents is 2. The molecule has 1 aromatic carbocycles. The van der Waals surface area contributed by atoms with Gasteiger partial charge < -0.3 is 15.5 Å². The molecule has 13 heavy (non-hydrogen) atoms. The first-order valence-electron chi connectivity index (χ1n) is 4.01. The van der Waals surface area contributed by atoms with Crippen molar-refractivity contribution in [2.75, 3.05) is 12.0 Å². The van der Waals surface area contributed by atoms with Crippen molar-refractivity contribution >= 4 is 15.9 Å². The van der Waals surface area contributed by atoms with Gasteiger partial charge in [-0.25, -0.2) is 0 Å². The molecular weight excluding hydrogens is 234 g/mol. The third-order valence-corrected chi connectivity index (χ3v) is 2.12. The minimum absolute atomic E-state index is 0.0589. The van der Waals surface area contributed by atoms with Crippen LogP contribution >= 0.6 is 15.9 Å². The first-order valence-corrected chi connectivity index (χ1v) is 5.13. The van der Waals surface area contributed by atoms with Gasteiger partial charge in [0.05, 0.1) is 5.45 Å². The van der Waals surface area contributed by atoms with E-state index in [2.05, 4.69) is 21.2 Å². The standard InChI is InChI=1S/C9H12BrNO2/c10-6-11-4-3-7-1-2-8(12)9(13)5-7/h1-2,5,11-13H,3-4,6H2. The van der Waals surface area contributed by atoms with E-state index in [0.29, 0.717) is 0 Å². The number of hydrogen-bond acceptors (Lipinski definition) is 3. The van der Waals surface area contributed by atoms with Gasteiger partial charge in [-0.05, 0) is 30.7 Å². The molecule has 0 aliphatic heterocycles. The highest BCUT2D eigenvalue weighted by molar-refractivity contribution is 9.09. The van der Waals surface area contributed by atoms with E-state index in [-0.39, 0.29) is 11.5 Å². The maximum absolute atomic E-state index is 9.18. The SMILES string of the molecule is Oc1ccc(CCNCBr)cc1O. The Morgan fingerprint density at radius 1 is 1.23 bits per heavy atom. The molecule has 3 nitrogen and oxygen atoms in total. The van der Waals surface area contributed by atoms with E-state index in [0.717, 1.165) is 24.0 Å². The average molecular weight is 246 g/mol. The molecule has 0 atom stereocenters. The molecule has 0 heterocycles. The maximum atomic E-state index is 9.18. The predicted octanol–water partition coefficient (Wildman–Crippen LogP) is 1.58. The Morgan fingerprint density at radius 2 is 2.00 bits per heavy atom. The summed E-state index contributed by atoms with van der Waals surface area (Å²) < 4.78 is 0. The lowest BCUT2D eigenvalue weighted by atomic mass is 10.1. The van der Waals surface area contributed by atoms with Gasteiger partial charge in [-0.15, -0.1) is 0 Å². The highest BCUT2D eigenvalue weighted by Crippen LogP contribution is 2.24. The van der Waals surface area contributed by atoms with E-state index >= 15 is 0 Å². The molecule has 0 aliphatic rings. The second-order valence-corrected chi connectivity index (χ2v) is 3.27. The summed E-state index contributed by atoms with van der Waals surface area (Å²) in [6.07, 6.45) is 0.833. The molecular formula is C9H12BrNO2. The number of phenols is 2. The van der Waals surface area contributed by atoms with Gasteiger partial charge in [-0.3, -0.25) is 0 Å². The van der Waals surface area contributed by atoms with Crippen molar-refractivity contribution in [3.63, 3.8) is 0 Å². The fourth-order valence-corrected chi connectivity index (χ4v) is 1.30. The molecule has 0 saturated carbocycles. The smallest absolute Gasteiger partial charge is 0.157 e. The van der Waals surface area contributed by atoms with E-state index in [9.17, 15) is 5.11 Å². The minimum atomic E-state index is -0.0720. The Morgan fingerprint density at radius 3 is 2.62 bits per heavy atom. The first kappa shape index (κ1) is 10.3. The number of benzene rings is 1. The van der Waals surface area contributed by atoms with Gasteiger partial charge in [-0.1, -0.05) is 22.0 Å². The molecule has 0 bridgehead atoms. The lowest BCUT2D eigenvalue weighted by Crippen LogP contribution is -2.14. The normalized spacial score (nSPS) is 10.2. The maximum Gasteiger partial charge on any atom is 0.157 e. The van der Waals surface area contributed by atoms with Crippen LogP contribution in [0.2, 0.25) is 0 Å². The molecule has 0 aromatic heterocycles. The van der Waals surface area contributed by atoms with Gasteiger partial charge in [0, 0.05) is 0 Å². The van der Waals surface area contributed by atoms with Crippen molar-refractivity contribution < 1.29 is 10.2 Å². The van der Waals surface area contributed by atoms with Gasteiger partial charge in [0.15, 0.2) is 11.5 Å². The Kier molecular flexibility index (Phi) is 4.05. The summed E-state index contributed by atoms with van der Waals surface area (Å²) in [4.78, 5) is 0. The molecule has 0 unspecified atom stereocenters. The van der Waals surface area contributed by atoms with Gasteiger partial charge >= 0.3 is 0 Å². The van der Waals surface area contributed by atoms with Crippen molar-refractivity contribution in [3.8, 4) is 11.5 Å². The number of hydrogen-bond donors (Lipinski definition) is 3. The van der Waals surface area contributed by atoms with Gasteiger partial charge in [0.1, 0.15) is 0 Å². The van der Waals surface area contributed by atoms with E-state index < -0.39 is 0 Å². The van der Waals surface area contributed by atoms with Crippen LogP contribution in [0.5, 0.6) is 11.5 Å². The number of halogens is 1. The molecule has 0 radical (unpaired) electrons. The van der Waals surface area contributed by atoms with Crippen LogP contribution in [0.3, 0.4) is 0 Å². The molecule has 0 aliphatic carbocycles. The summed E-state index contributed by atoms with van der Waals surface area (Å²) in [5.74, 6) is -0.131. The molecule has 0 spiro atoms. The summed E-state index contributed by atoms with van der Waals surface area (Å²) in [5, 5.41) is 21.3. The zero-order chi connectivity index (χ0) is 9.68. The number of alkyl halides is 1. The van der Waals surface area contributed by atoms with Gasteiger partial charge in [0.2, 0.25) is 0 Å². The molecule has 0 amide bonds. The van der Waals surface area contributed by atoms with E-state index in [4.69, 9.17) is 5.11 Å². The lowest BCUT2D eigenvalue weighted by Gasteiger charge is -2.03. The summed E-state index contributed by atoms with van der Waals surface area (Å²) in [5.41, 5.74) is 1.76. The Balaban J connectivity index is 2.53. The van der Waals surface area contributed by atoms with Gasteiger partial charge in [0.25, 0.3) is 0 Å². The molecule has 4 heteroatoms. The van der Waals surface area contributed by atoms with Crippen LogP contribution < -0.4 is 5.32 Å². The zero-order valence-electron chi connectivity index (χ0n) is 7.13. The van der Waals surface area contributed by atoms with Crippen molar-refractivity contribution in [2.24, 2.45) is 0 Å². The predicted molar refractivity (Wildman–Crippen MR) is 55.3 cm³/mol. The minimum Gasteiger partial charge on any atom is -0.504 e. The van der Waals surface area contributed by atoms with Crippen molar-refractivity contribution in [1.82, 2.24) is 5.32 Å². The topological polar surface area (TPSA) is 52.5 Å². The summed E-state index contributed by atoms with van der Waals surface area (Å²) >= 11 is 3.25. The largest absolute Gasteiger partial charge is 0.504 e. The van der Waals surface area contributed by atoms with E-state index in [1.165, 1.54) is 6.07 Å². The quantitative estimate of drug-likeness (QED) is 0.327. The number of aromatic hydroxyl groups is 2. The van der Waals surface area contributed by atoms with Crippen LogP contribution in [-0.2, 0) is 6.42 Å². The average Bonchev–Trinajstić information content (AvgIpc) is 2.12. The van der Waals surface area contributed by atoms with Crippen LogP contribution in [0, 0.1) is 0 Å². The first-order chi connectivity index (χ1) is 6.24.